The molecule has 0 aromatic carbocycles. The fourth-order valence-electron chi connectivity index (χ4n) is 2.14. The Bertz CT molecular complexity index is 561. The smallest absolute Gasteiger partial charge is 0.215 e. The number of hydrogen-bond acceptors (Lipinski definition) is 3. The van der Waals surface area contributed by atoms with Gasteiger partial charge in [0.15, 0.2) is 0 Å². The fourth-order valence-corrected chi connectivity index (χ4v) is 2.14. The van der Waals surface area contributed by atoms with E-state index >= 15 is 0 Å². The second-order valence-corrected chi connectivity index (χ2v) is 4.94. The first kappa shape index (κ1) is 16.7. The van der Waals surface area contributed by atoms with Crippen LogP contribution in [0.5, 0.6) is 0 Å². The van der Waals surface area contributed by atoms with Crippen LogP contribution in [0.3, 0.4) is 0 Å². The van der Waals surface area contributed by atoms with E-state index in [2.05, 4.69) is 29.4 Å². The number of halogens is 2. The Morgan fingerprint density at radius 3 is 2.60 bits per heavy atom. The lowest BCUT2D eigenvalue weighted by molar-refractivity contribution is 0.479. The van der Waals surface area contributed by atoms with Crippen molar-refractivity contribution >= 4 is 12.4 Å². The number of hydrogen-bond donors (Lipinski definition) is 1. The third kappa shape index (κ3) is 3.37. The summed E-state index contributed by atoms with van der Waals surface area (Å²) >= 11 is 0. The molecule has 2 rings (SSSR count). The van der Waals surface area contributed by atoms with Gasteiger partial charge in [0.05, 0.1) is 11.4 Å². The highest BCUT2D eigenvalue weighted by Gasteiger charge is 2.12. The van der Waals surface area contributed by atoms with Crippen LogP contribution in [0.25, 0.3) is 0 Å². The van der Waals surface area contributed by atoms with Crippen molar-refractivity contribution in [1.29, 1.82) is 0 Å². The molecule has 0 aliphatic heterocycles. The molecular formula is C13H21ClFN5. The van der Waals surface area contributed by atoms with Gasteiger partial charge in [-0.3, -0.25) is 4.68 Å². The van der Waals surface area contributed by atoms with E-state index in [0.717, 1.165) is 11.4 Å². The standard InChI is InChI=1S/C13H20FN5.ClH/c1-9(2)19-11(5-6-16-19)7-15-8-12-10(3)17-18(4)13(12)14;/h5-6,9,15H,7-8H2,1-4H3;1H. The summed E-state index contributed by atoms with van der Waals surface area (Å²) in [4.78, 5) is 0. The van der Waals surface area contributed by atoms with Crippen LogP contribution in [-0.2, 0) is 20.1 Å². The summed E-state index contributed by atoms with van der Waals surface area (Å²) < 4.78 is 17.0. The van der Waals surface area contributed by atoms with Gasteiger partial charge < -0.3 is 5.32 Å². The molecule has 0 fully saturated rings. The van der Waals surface area contributed by atoms with Crippen molar-refractivity contribution in [2.75, 3.05) is 0 Å². The highest BCUT2D eigenvalue weighted by Crippen LogP contribution is 2.12. The maximum absolute atomic E-state index is 13.7. The normalized spacial score (nSPS) is 10.9. The van der Waals surface area contributed by atoms with Crippen LogP contribution < -0.4 is 5.32 Å². The van der Waals surface area contributed by atoms with Gasteiger partial charge in [-0.25, -0.2) is 4.68 Å². The maximum Gasteiger partial charge on any atom is 0.215 e. The SMILES string of the molecule is Cc1nn(C)c(F)c1CNCc1ccnn1C(C)C.Cl. The monoisotopic (exact) mass is 301 g/mol. The van der Waals surface area contributed by atoms with Crippen molar-refractivity contribution in [3.63, 3.8) is 0 Å². The number of nitrogens with zero attached hydrogens (tertiary/aromatic N) is 4. The summed E-state index contributed by atoms with van der Waals surface area (Å²) in [5, 5.41) is 11.6. The second kappa shape index (κ2) is 6.85. The third-order valence-corrected chi connectivity index (χ3v) is 3.12. The molecule has 20 heavy (non-hydrogen) atoms. The minimum atomic E-state index is -0.276. The van der Waals surface area contributed by atoms with Crippen LogP contribution in [0.1, 0.15) is 36.8 Å². The van der Waals surface area contributed by atoms with Gasteiger partial charge in [-0.1, -0.05) is 0 Å². The van der Waals surface area contributed by atoms with E-state index in [1.807, 2.05) is 17.7 Å². The lowest BCUT2D eigenvalue weighted by atomic mass is 10.2. The van der Waals surface area contributed by atoms with Crippen molar-refractivity contribution in [2.24, 2.45) is 7.05 Å². The first-order valence-electron chi connectivity index (χ1n) is 6.41. The lowest BCUT2D eigenvalue weighted by Crippen LogP contribution is -2.18. The van der Waals surface area contributed by atoms with Crippen molar-refractivity contribution < 1.29 is 4.39 Å². The Kier molecular flexibility index (Phi) is 5.71. The molecule has 0 amide bonds. The first-order chi connectivity index (χ1) is 9.00. The maximum atomic E-state index is 13.7. The second-order valence-electron chi connectivity index (χ2n) is 4.94. The Labute approximate surface area is 124 Å². The van der Waals surface area contributed by atoms with Crippen LogP contribution in [0, 0.1) is 12.9 Å². The van der Waals surface area contributed by atoms with E-state index < -0.39 is 0 Å². The molecule has 5 nitrogen and oxygen atoms in total. The molecule has 0 saturated carbocycles. The summed E-state index contributed by atoms with van der Waals surface area (Å²) in [6.45, 7) is 7.11. The summed E-state index contributed by atoms with van der Waals surface area (Å²) in [7, 11) is 1.61. The van der Waals surface area contributed by atoms with Gasteiger partial charge in [-0.05, 0) is 26.8 Å². The summed E-state index contributed by atoms with van der Waals surface area (Å²) in [6.07, 6.45) is 1.78. The molecule has 0 spiro atoms. The molecule has 0 atom stereocenters. The molecule has 0 aliphatic rings. The Balaban J connectivity index is 0.00000200. The third-order valence-electron chi connectivity index (χ3n) is 3.12. The minimum Gasteiger partial charge on any atom is -0.307 e. The first-order valence-corrected chi connectivity index (χ1v) is 6.41. The van der Waals surface area contributed by atoms with Crippen molar-refractivity contribution in [2.45, 2.75) is 39.9 Å². The molecule has 0 aliphatic carbocycles. The molecule has 1 N–H and O–H groups in total. The van der Waals surface area contributed by atoms with Crippen molar-refractivity contribution in [3.05, 3.63) is 35.2 Å². The van der Waals surface area contributed by atoms with Gasteiger partial charge in [-0.2, -0.15) is 14.6 Å². The van der Waals surface area contributed by atoms with E-state index in [-0.39, 0.29) is 18.4 Å². The van der Waals surface area contributed by atoms with Gasteiger partial charge in [0.1, 0.15) is 0 Å². The van der Waals surface area contributed by atoms with Crippen LogP contribution >= 0.6 is 12.4 Å². The van der Waals surface area contributed by atoms with Crippen LogP contribution in [0.4, 0.5) is 4.39 Å². The molecule has 112 valence electrons. The zero-order chi connectivity index (χ0) is 14.0. The fraction of sp³-hybridized carbons (Fsp3) is 0.538. The average molecular weight is 302 g/mol. The molecule has 0 unspecified atom stereocenters. The Morgan fingerprint density at radius 1 is 1.35 bits per heavy atom. The zero-order valence-corrected chi connectivity index (χ0v) is 13.0. The van der Waals surface area contributed by atoms with Crippen molar-refractivity contribution in [1.82, 2.24) is 24.9 Å². The molecular weight excluding hydrogens is 281 g/mol. The number of aryl methyl sites for hydroxylation is 2. The van der Waals surface area contributed by atoms with E-state index in [0.29, 0.717) is 24.7 Å². The Morgan fingerprint density at radius 2 is 2.05 bits per heavy atom. The largest absolute Gasteiger partial charge is 0.307 e. The highest BCUT2D eigenvalue weighted by atomic mass is 35.5. The predicted molar refractivity (Wildman–Crippen MR) is 78.3 cm³/mol. The molecule has 0 radical (unpaired) electrons. The van der Waals surface area contributed by atoms with Gasteiger partial charge in [0, 0.05) is 37.9 Å². The highest BCUT2D eigenvalue weighted by molar-refractivity contribution is 5.85. The van der Waals surface area contributed by atoms with E-state index in [9.17, 15) is 4.39 Å². The molecule has 2 aromatic heterocycles. The van der Waals surface area contributed by atoms with E-state index in [1.165, 1.54) is 4.68 Å². The number of rotatable bonds is 5. The van der Waals surface area contributed by atoms with E-state index in [4.69, 9.17) is 0 Å². The summed E-state index contributed by atoms with van der Waals surface area (Å²) in [5.41, 5.74) is 2.44. The quantitative estimate of drug-likeness (QED) is 0.922. The molecule has 2 aromatic rings. The van der Waals surface area contributed by atoms with E-state index in [1.54, 1.807) is 13.2 Å². The number of aromatic nitrogens is 4. The Hall–Kier alpha value is -1.40. The summed E-state index contributed by atoms with van der Waals surface area (Å²) in [6, 6.07) is 2.29. The summed E-state index contributed by atoms with van der Waals surface area (Å²) in [5.74, 6) is -0.276. The van der Waals surface area contributed by atoms with Gasteiger partial charge in [0.25, 0.3) is 0 Å². The number of nitrogens with one attached hydrogen (secondary N) is 1. The van der Waals surface area contributed by atoms with Gasteiger partial charge >= 0.3 is 0 Å². The molecule has 0 saturated heterocycles. The molecule has 2 heterocycles. The van der Waals surface area contributed by atoms with Crippen LogP contribution in [0.15, 0.2) is 12.3 Å². The molecule has 7 heteroatoms. The van der Waals surface area contributed by atoms with Gasteiger partial charge in [-0.15, -0.1) is 12.4 Å². The minimum absolute atomic E-state index is 0. The molecule has 0 bridgehead atoms. The van der Waals surface area contributed by atoms with Crippen LogP contribution in [0.2, 0.25) is 0 Å². The average Bonchev–Trinajstić information content (AvgIpc) is 2.89. The predicted octanol–water partition coefficient (Wildman–Crippen LogP) is 2.36. The zero-order valence-electron chi connectivity index (χ0n) is 12.2. The van der Waals surface area contributed by atoms with Crippen molar-refractivity contribution in [3.8, 4) is 0 Å². The van der Waals surface area contributed by atoms with Crippen LogP contribution in [-0.4, -0.2) is 19.6 Å². The van der Waals surface area contributed by atoms with Gasteiger partial charge in [0.2, 0.25) is 5.95 Å². The topological polar surface area (TPSA) is 47.7 Å². The lowest BCUT2D eigenvalue weighted by Gasteiger charge is -2.11.